The van der Waals surface area contributed by atoms with E-state index in [1.165, 1.54) is 24.3 Å². The Hall–Kier alpha value is -4.71. The number of piperazine rings is 1. The van der Waals surface area contributed by atoms with Gasteiger partial charge in [0, 0.05) is 49.5 Å². The van der Waals surface area contributed by atoms with E-state index in [0.29, 0.717) is 28.2 Å². The van der Waals surface area contributed by atoms with E-state index >= 15 is 4.39 Å². The van der Waals surface area contributed by atoms with Gasteiger partial charge in [0.15, 0.2) is 12.4 Å². The van der Waals surface area contributed by atoms with Crippen molar-refractivity contribution in [2.24, 2.45) is 5.41 Å². The third-order valence-electron chi connectivity index (χ3n) is 7.09. The van der Waals surface area contributed by atoms with Gasteiger partial charge >= 0.3 is 0 Å². The maximum atomic E-state index is 15.2. The number of benzene rings is 2. The van der Waals surface area contributed by atoms with E-state index in [1.807, 2.05) is 25.7 Å². The van der Waals surface area contributed by atoms with Crippen molar-refractivity contribution in [1.29, 1.82) is 0 Å². The van der Waals surface area contributed by atoms with Crippen molar-refractivity contribution in [2.45, 2.75) is 27.5 Å². The molecule has 220 valence electrons. The number of non-ortho nitro benzene ring substituents is 1. The molecule has 1 saturated heterocycles. The first-order valence-electron chi connectivity index (χ1n) is 13.6. The van der Waals surface area contributed by atoms with Crippen LogP contribution in [-0.2, 0) is 11.5 Å². The van der Waals surface area contributed by atoms with Crippen molar-refractivity contribution in [3.8, 4) is 11.6 Å². The van der Waals surface area contributed by atoms with Gasteiger partial charge in [0.25, 0.3) is 5.69 Å². The zero-order chi connectivity index (χ0) is 30.0. The van der Waals surface area contributed by atoms with Gasteiger partial charge in [-0.3, -0.25) is 14.7 Å². The molecule has 1 aliphatic heterocycles. The molecule has 0 spiro atoms. The van der Waals surface area contributed by atoms with E-state index in [2.05, 4.69) is 33.8 Å². The molecule has 5 rings (SSSR count). The number of hydrogen-bond acceptors (Lipinski definition) is 9. The van der Waals surface area contributed by atoms with Crippen LogP contribution in [0.4, 0.5) is 27.4 Å². The largest absolute Gasteiger partial charge is 0.477 e. The minimum atomic E-state index is -0.494. The molecule has 1 aliphatic rings. The van der Waals surface area contributed by atoms with Crippen LogP contribution in [0.25, 0.3) is 11.0 Å². The van der Waals surface area contributed by atoms with Crippen molar-refractivity contribution >= 4 is 34.0 Å². The molecule has 0 aliphatic carbocycles. The number of aromatic nitrogens is 3. The number of nitrogens with zero attached hydrogens (tertiary/aromatic N) is 6. The number of nitro benzene ring substituents is 1. The average Bonchev–Trinajstić information content (AvgIpc) is 3.35. The summed E-state index contributed by atoms with van der Waals surface area (Å²) in [6.45, 7) is 13.4. The summed E-state index contributed by atoms with van der Waals surface area (Å²) >= 11 is 0. The van der Waals surface area contributed by atoms with Crippen LogP contribution in [0.5, 0.6) is 11.6 Å². The Labute approximate surface area is 243 Å². The van der Waals surface area contributed by atoms with Crippen LogP contribution < -0.4 is 15.0 Å². The van der Waals surface area contributed by atoms with Crippen LogP contribution >= 0.6 is 0 Å². The number of likely N-dealkylation sites (N-methyl/N-ethyl adjacent to an activating group) is 1. The van der Waals surface area contributed by atoms with Crippen LogP contribution in [0.1, 0.15) is 20.8 Å². The molecule has 0 bridgehead atoms. The van der Waals surface area contributed by atoms with Gasteiger partial charge in [-0.15, -0.1) is 0 Å². The van der Waals surface area contributed by atoms with E-state index < -0.39 is 4.92 Å². The molecule has 4 aromatic rings. The van der Waals surface area contributed by atoms with Gasteiger partial charge in [0.2, 0.25) is 11.8 Å². The fourth-order valence-electron chi connectivity index (χ4n) is 4.43. The first-order valence-corrected chi connectivity index (χ1v) is 13.6. The third kappa shape index (κ3) is 6.44. The monoisotopic (exact) mass is 575 g/mol. The molecule has 0 saturated carbocycles. The van der Waals surface area contributed by atoms with Crippen molar-refractivity contribution in [3.63, 3.8) is 0 Å². The van der Waals surface area contributed by atoms with Gasteiger partial charge in [-0.1, -0.05) is 33.4 Å². The Bertz CT molecular complexity index is 1620. The van der Waals surface area contributed by atoms with Crippen LogP contribution in [0, 0.1) is 21.3 Å². The molecular weight excluding hydrogens is 541 g/mol. The van der Waals surface area contributed by atoms with E-state index in [1.54, 1.807) is 35.0 Å². The summed E-state index contributed by atoms with van der Waals surface area (Å²) in [4.78, 5) is 24.3. The molecule has 3 heterocycles. The van der Waals surface area contributed by atoms with Crippen LogP contribution in [0.15, 0.2) is 67.1 Å². The van der Waals surface area contributed by atoms with Crippen molar-refractivity contribution < 1.29 is 18.8 Å². The Balaban J connectivity index is 1.47. The minimum absolute atomic E-state index is 0.112. The smallest absolute Gasteiger partial charge is 0.273 e. The van der Waals surface area contributed by atoms with Gasteiger partial charge in [0.05, 0.1) is 27.8 Å². The number of fused-ring (bicyclic) bond motifs is 1. The normalized spacial score (nSPS) is 14.2. The Morgan fingerprint density at radius 3 is 2.57 bits per heavy atom. The maximum absolute atomic E-state index is 15.2. The molecule has 0 radical (unpaired) electrons. The van der Waals surface area contributed by atoms with Gasteiger partial charge < -0.3 is 24.6 Å². The molecule has 1 fully saturated rings. The third-order valence-corrected chi connectivity index (χ3v) is 7.09. The first-order chi connectivity index (χ1) is 20.0. The fourth-order valence-corrected chi connectivity index (χ4v) is 4.43. The Kier molecular flexibility index (Phi) is 7.99. The predicted octanol–water partition coefficient (Wildman–Crippen LogP) is 6.30. The zero-order valence-corrected chi connectivity index (χ0v) is 24.1. The highest BCUT2D eigenvalue weighted by molar-refractivity contribution is 5.83. The molecule has 0 amide bonds. The van der Waals surface area contributed by atoms with Gasteiger partial charge in [-0.2, -0.15) is 9.97 Å². The topological polar surface area (TPSA) is 111 Å². The highest BCUT2D eigenvalue weighted by atomic mass is 19.1. The Morgan fingerprint density at radius 1 is 1.12 bits per heavy atom. The molecule has 0 atom stereocenters. The Morgan fingerprint density at radius 2 is 1.88 bits per heavy atom. The quantitative estimate of drug-likeness (QED) is 0.140. The lowest BCUT2D eigenvalue weighted by atomic mass is 9.95. The molecular formula is C30H34FN7O4. The number of allylic oxidation sites excluding steroid dienone is 1. The van der Waals surface area contributed by atoms with Crippen LogP contribution in [0.3, 0.4) is 0 Å². The minimum Gasteiger partial charge on any atom is -0.477 e. The number of hydrogen-bond donors (Lipinski definition) is 1. The van der Waals surface area contributed by atoms with Crippen molar-refractivity contribution in [1.82, 2.24) is 19.4 Å². The molecule has 1 N–H and O–H groups in total. The number of nitrogens with one attached hydrogen (secondary N) is 1. The standard InChI is InChI=1S/C30H34FN7O4/c1-20(30(2,3)4)41-19-37-12-11-24-27(37)33-29(34-28(24)42-23-8-6-7-22(18-23)38(39)40)32-21-9-10-26(25(31)17-21)36-15-13-35(5)14-16-36/h6-12,17-18H,1,13-16,19H2,2-5H3,(H,32,33,34). The number of anilines is 3. The summed E-state index contributed by atoms with van der Waals surface area (Å²) < 4.78 is 28.9. The van der Waals surface area contributed by atoms with Gasteiger partial charge in [0.1, 0.15) is 11.6 Å². The SMILES string of the molecule is C=C(OCn1ccc2c(Oc3cccc([N+](=O)[O-])c3)nc(Nc3ccc(N4CCN(C)CC4)c(F)c3)nc21)C(C)(C)C. The maximum Gasteiger partial charge on any atom is 0.273 e. The highest BCUT2D eigenvalue weighted by Crippen LogP contribution is 2.33. The van der Waals surface area contributed by atoms with Crippen LogP contribution in [0.2, 0.25) is 0 Å². The lowest BCUT2D eigenvalue weighted by Crippen LogP contribution is -2.44. The molecule has 11 nitrogen and oxygen atoms in total. The van der Waals surface area contributed by atoms with E-state index in [4.69, 9.17) is 9.47 Å². The van der Waals surface area contributed by atoms with E-state index in [0.717, 1.165) is 26.2 Å². The van der Waals surface area contributed by atoms with E-state index in [9.17, 15) is 10.1 Å². The average molecular weight is 576 g/mol. The predicted molar refractivity (Wildman–Crippen MR) is 160 cm³/mol. The number of halogens is 1. The summed E-state index contributed by atoms with van der Waals surface area (Å²) in [7, 11) is 2.05. The molecule has 12 heteroatoms. The second-order valence-electron chi connectivity index (χ2n) is 11.3. The van der Waals surface area contributed by atoms with E-state index in [-0.39, 0.29) is 41.2 Å². The summed E-state index contributed by atoms with van der Waals surface area (Å²) in [5.41, 5.74) is 1.13. The van der Waals surface area contributed by atoms with Gasteiger partial charge in [-0.05, 0) is 37.4 Å². The van der Waals surface area contributed by atoms with Crippen LogP contribution in [-0.4, -0.2) is 57.6 Å². The van der Waals surface area contributed by atoms with Gasteiger partial charge in [-0.25, -0.2) is 4.39 Å². The molecule has 42 heavy (non-hydrogen) atoms. The zero-order valence-electron chi connectivity index (χ0n) is 24.1. The lowest BCUT2D eigenvalue weighted by molar-refractivity contribution is -0.384. The summed E-state index contributed by atoms with van der Waals surface area (Å²) in [6, 6.07) is 12.6. The number of ether oxygens (including phenoxy) is 2. The number of nitro groups is 1. The molecule has 0 unspecified atom stereocenters. The highest BCUT2D eigenvalue weighted by Gasteiger charge is 2.20. The molecule has 2 aromatic heterocycles. The summed E-state index contributed by atoms with van der Waals surface area (Å²) in [5.74, 6) is 0.829. The number of rotatable bonds is 9. The molecule has 2 aromatic carbocycles. The summed E-state index contributed by atoms with van der Waals surface area (Å²) in [6.07, 6.45) is 1.78. The van der Waals surface area contributed by atoms with Crippen molar-refractivity contribution in [3.05, 3.63) is 83.0 Å². The second-order valence-corrected chi connectivity index (χ2v) is 11.3. The second kappa shape index (κ2) is 11.6. The fraction of sp³-hybridized carbons (Fsp3) is 0.333. The van der Waals surface area contributed by atoms with Crippen molar-refractivity contribution in [2.75, 3.05) is 43.4 Å². The summed E-state index contributed by atoms with van der Waals surface area (Å²) in [5, 5.41) is 14.9. The lowest BCUT2D eigenvalue weighted by Gasteiger charge is -2.34. The first kappa shape index (κ1) is 28.8.